The van der Waals surface area contributed by atoms with Crippen LogP contribution >= 0.6 is 11.6 Å². The van der Waals surface area contributed by atoms with Crippen molar-refractivity contribution in [1.82, 2.24) is 5.32 Å². The maximum absolute atomic E-state index is 8.73. The van der Waals surface area contributed by atoms with E-state index in [0.717, 1.165) is 18.5 Å². The van der Waals surface area contributed by atoms with Crippen LogP contribution < -0.4 is 5.32 Å². The van der Waals surface area contributed by atoms with Crippen molar-refractivity contribution in [3.63, 3.8) is 0 Å². The first-order valence-corrected chi connectivity index (χ1v) is 4.61. The number of hydrogen-bond acceptors (Lipinski definition) is 2. The molecule has 1 atom stereocenters. The number of benzene rings is 1. The van der Waals surface area contributed by atoms with E-state index in [2.05, 4.69) is 11.4 Å². The molecule has 13 heavy (non-hydrogen) atoms. The zero-order chi connectivity index (χ0) is 9.26. The predicted molar refractivity (Wildman–Crippen MR) is 51.5 cm³/mol. The summed E-state index contributed by atoms with van der Waals surface area (Å²) in [6.45, 7) is 1.05. The molecule has 0 spiro atoms. The molecule has 1 aliphatic rings. The van der Waals surface area contributed by atoms with E-state index < -0.39 is 0 Å². The van der Waals surface area contributed by atoms with Gasteiger partial charge >= 0.3 is 0 Å². The highest BCUT2D eigenvalue weighted by molar-refractivity contribution is 6.30. The number of rotatable bonds is 1. The largest absolute Gasteiger partial charge is 0.310 e. The Morgan fingerprint density at radius 3 is 2.77 bits per heavy atom. The molecule has 0 bridgehead atoms. The summed E-state index contributed by atoms with van der Waals surface area (Å²) in [4.78, 5) is 0. The zero-order valence-corrected chi connectivity index (χ0v) is 7.80. The molecule has 2 rings (SSSR count). The van der Waals surface area contributed by atoms with Crippen LogP contribution in [0.4, 0.5) is 0 Å². The topological polar surface area (TPSA) is 35.8 Å². The van der Waals surface area contributed by atoms with Gasteiger partial charge in [-0.2, -0.15) is 5.26 Å². The van der Waals surface area contributed by atoms with Crippen LogP contribution in [-0.4, -0.2) is 6.54 Å². The number of nitriles is 1. The highest BCUT2D eigenvalue weighted by atomic mass is 35.5. The van der Waals surface area contributed by atoms with Crippen LogP contribution in [-0.2, 0) is 0 Å². The Kier molecular flexibility index (Phi) is 2.22. The van der Waals surface area contributed by atoms with Crippen molar-refractivity contribution in [2.45, 2.75) is 12.5 Å². The van der Waals surface area contributed by atoms with Crippen molar-refractivity contribution in [2.24, 2.45) is 0 Å². The Balaban J connectivity index is 2.35. The van der Waals surface area contributed by atoms with Crippen molar-refractivity contribution < 1.29 is 0 Å². The van der Waals surface area contributed by atoms with E-state index in [1.165, 1.54) is 0 Å². The van der Waals surface area contributed by atoms with Gasteiger partial charge in [0.25, 0.3) is 0 Å². The molecule has 2 nitrogen and oxygen atoms in total. The van der Waals surface area contributed by atoms with E-state index in [0.29, 0.717) is 16.6 Å². The highest BCUT2D eigenvalue weighted by Gasteiger charge is 2.18. The summed E-state index contributed by atoms with van der Waals surface area (Å²) in [5.74, 6) is 0. The molecule has 1 aromatic carbocycles. The third kappa shape index (κ3) is 1.67. The molecule has 0 saturated carbocycles. The lowest BCUT2D eigenvalue weighted by Gasteiger charge is -2.28. The smallest absolute Gasteiger partial charge is 0.0992 e. The van der Waals surface area contributed by atoms with Gasteiger partial charge in [0.1, 0.15) is 0 Å². The normalized spacial score (nSPS) is 20.5. The van der Waals surface area contributed by atoms with Crippen LogP contribution in [0.25, 0.3) is 0 Å². The van der Waals surface area contributed by atoms with Crippen LogP contribution in [0.15, 0.2) is 18.2 Å². The van der Waals surface area contributed by atoms with E-state index in [4.69, 9.17) is 16.9 Å². The molecule has 1 aliphatic heterocycles. The lowest BCUT2D eigenvalue weighted by atomic mass is 9.97. The quantitative estimate of drug-likeness (QED) is 0.741. The van der Waals surface area contributed by atoms with E-state index in [-0.39, 0.29) is 0 Å². The third-order valence-electron chi connectivity index (χ3n) is 2.28. The summed E-state index contributed by atoms with van der Waals surface area (Å²) in [6, 6.07) is 7.98. The fourth-order valence-electron chi connectivity index (χ4n) is 1.45. The van der Waals surface area contributed by atoms with Gasteiger partial charge in [-0.15, -0.1) is 0 Å². The molecule has 1 saturated heterocycles. The average molecular weight is 193 g/mol. The number of hydrogen-bond donors (Lipinski definition) is 1. The fourth-order valence-corrected chi connectivity index (χ4v) is 1.69. The molecule has 66 valence electrons. The van der Waals surface area contributed by atoms with Crippen LogP contribution in [0.1, 0.15) is 23.6 Å². The second kappa shape index (κ2) is 3.37. The van der Waals surface area contributed by atoms with E-state index in [1.807, 2.05) is 12.1 Å². The average Bonchev–Trinajstić information content (AvgIpc) is 2.00. The van der Waals surface area contributed by atoms with Crippen molar-refractivity contribution in [1.29, 1.82) is 5.26 Å². The lowest BCUT2D eigenvalue weighted by Crippen LogP contribution is -2.34. The van der Waals surface area contributed by atoms with Crippen molar-refractivity contribution >= 4 is 11.6 Å². The van der Waals surface area contributed by atoms with Crippen LogP contribution in [0.5, 0.6) is 0 Å². The molecular formula is C10H9ClN2. The van der Waals surface area contributed by atoms with Gasteiger partial charge in [-0.3, -0.25) is 0 Å². The van der Waals surface area contributed by atoms with Crippen molar-refractivity contribution in [3.8, 4) is 6.07 Å². The van der Waals surface area contributed by atoms with Gasteiger partial charge < -0.3 is 5.32 Å². The monoisotopic (exact) mass is 192 g/mol. The van der Waals surface area contributed by atoms with Gasteiger partial charge in [0.2, 0.25) is 0 Å². The molecule has 3 heteroatoms. The number of halogens is 1. The molecule has 1 heterocycles. The number of nitrogens with one attached hydrogen (secondary N) is 1. The van der Waals surface area contributed by atoms with Crippen molar-refractivity contribution in [3.05, 3.63) is 34.3 Å². The van der Waals surface area contributed by atoms with Crippen LogP contribution in [0, 0.1) is 11.3 Å². The van der Waals surface area contributed by atoms with E-state index >= 15 is 0 Å². The molecule has 0 amide bonds. The van der Waals surface area contributed by atoms with Gasteiger partial charge in [-0.1, -0.05) is 11.6 Å². The third-order valence-corrected chi connectivity index (χ3v) is 2.49. The molecule has 0 aromatic heterocycles. The van der Waals surface area contributed by atoms with Gasteiger partial charge in [0, 0.05) is 11.1 Å². The SMILES string of the molecule is N#Cc1cc(Cl)cc(C2CCN2)c1. The van der Waals surface area contributed by atoms with Gasteiger partial charge in [-0.05, 0) is 36.7 Å². The molecule has 1 N–H and O–H groups in total. The van der Waals surface area contributed by atoms with Gasteiger partial charge in [-0.25, -0.2) is 0 Å². The predicted octanol–water partition coefficient (Wildman–Crippen LogP) is 2.25. The summed E-state index contributed by atoms with van der Waals surface area (Å²) < 4.78 is 0. The maximum atomic E-state index is 8.73. The first-order chi connectivity index (χ1) is 6.29. The molecule has 1 aromatic rings. The Labute approximate surface area is 82.1 Å². The Morgan fingerprint density at radius 1 is 1.46 bits per heavy atom. The Morgan fingerprint density at radius 2 is 2.23 bits per heavy atom. The number of nitrogens with zero attached hydrogens (tertiary/aromatic N) is 1. The van der Waals surface area contributed by atoms with Gasteiger partial charge in [0.05, 0.1) is 11.6 Å². The lowest BCUT2D eigenvalue weighted by molar-refractivity contribution is 0.383. The molecular weight excluding hydrogens is 184 g/mol. The minimum absolute atomic E-state index is 0.394. The minimum atomic E-state index is 0.394. The zero-order valence-electron chi connectivity index (χ0n) is 7.05. The van der Waals surface area contributed by atoms with Crippen molar-refractivity contribution in [2.75, 3.05) is 6.54 Å². The molecule has 1 fully saturated rings. The first-order valence-electron chi connectivity index (χ1n) is 4.23. The summed E-state index contributed by atoms with van der Waals surface area (Å²) >= 11 is 5.88. The molecule has 1 unspecified atom stereocenters. The Hall–Kier alpha value is -1.04. The first kappa shape index (κ1) is 8.55. The fraction of sp³-hybridized carbons (Fsp3) is 0.300. The summed E-state index contributed by atoms with van der Waals surface area (Å²) in [7, 11) is 0. The van der Waals surface area contributed by atoms with Crippen LogP contribution in [0.2, 0.25) is 5.02 Å². The summed E-state index contributed by atoms with van der Waals surface area (Å²) in [5.41, 5.74) is 1.76. The van der Waals surface area contributed by atoms with E-state index in [1.54, 1.807) is 6.07 Å². The summed E-state index contributed by atoms with van der Waals surface area (Å²) in [5, 5.41) is 12.6. The molecule has 0 radical (unpaired) electrons. The Bertz CT molecular complexity index is 364. The van der Waals surface area contributed by atoms with Gasteiger partial charge in [0.15, 0.2) is 0 Å². The highest BCUT2D eigenvalue weighted by Crippen LogP contribution is 2.26. The second-order valence-electron chi connectivity index (χ2n) is 3.18. The standard InChI is InChI=1S/C10H9ClN2/c11-9-4-7(6-12)3-8(5-9)10-1-2-13-10/h3-5,10,13H,1-2H2. The molecule has 0 aliphatic carbocycles. The summed E-state index contributed by atoms with van der Waals surface area (Å²) in [6.07, 6.45) is 1.13. The van der Waals surface area contributed by atoms with Crippen LogP contribution in [0.3, 0.4) is 0 Å². The second-order valence-corrected chi connectivity index (χ2v) is 3.62. The minimum Gasteiger partial charge on any atom is -0.310 e. The maximum Gasteiger partial charge on any atom is 0.0992 e. The van der Waals surface area contributed by atoms with E-state index in [9.17, 15) is 0 Å².